The third kappa shape index (κ3) is 4.01. The molecule has 0 aliphatic heterocycles. The van der Waals surface area contributed by atoms with Gasteiger partial charge in [-0.05, 0) is 52.2 Å². The number of hydrogen-bond acceptors (Lipinski definition) is 5. The maximum Gasteiger partial charge on any atom is 0.233 e. The molecule has 0 bridgehead atoms. The van der Waals surface area contributed by atoms with Gasteiger partial charge in [0.2, 0.25) is 17.2 Å². The first-order valence-electron chi connectivity index (χ1n) is 5.96. The molecule has 2 N–H and O–H groups in total. The number of rotatable bonds is 5. The fourth-order valence-electron chi connectivity index (χ4n) is 1.42. The van der Waals surface area contributed by atoms with E-state index in [-0.39, 0.29) is 17.0 Å². The molecule has 0 unspecified atom stereocenters. The van der Waals surface area contributed by atoms with Gasteiger partial charge < -0.3 is 10.6 Å². The van der Waals surface area contributed by atoms with Gasteiger partial charge in [0, 0.05) is 12.2 Å². The van der Waals surface area contributed by atoms with E-state index in [0.717, 1.165) is 13.0 Å². The Kier molecular flexibility index (Phi) is 5.08. The summed E-state index contributed by atoms with van der Waals surface area (Å²) in [5, 5.41) is 5.96. The third-order valence-electron chi connectivity index (χ3n) is 2.32. The van der Waals surface area contributed by atoms with E-state index in [1.807, 2.05) is 6.92 Å². The first-order chi connectivity index (χ1) is 9.58. The molecule has 1 aromatic carbocycles. The topological polar surface area (TPSA) is 62.7 Å². The van der Waals surface area contributed by atoms with Gasteiger partial charge >= 0.3 is 0 Å². The van der Waals surface area contributed by atoms with Gasteiger partial charge in [0.05, 0.1) is 4.47 Å². The summed E-state index contributed by atoms with van der Waals surface area (Å²) in [6.07, 6.45) is 0.935. The highest BCUT2D eigenvalue weighted by atomic mass is 79.9. The van der Waals surface area contributed by atoms with Crippen molar-refractivity contribution >= 4 is 45.1 Å². The summed E-state index contributed by atoms with van der Waals surface area (Å²) in [5.74, 6) is 0.261. The normalized spacial score (nSPS) is 10.4. The molecule has 2 rings (SSSR count). The molecule has 0 saturated carbocycles. The largest absolute Gasteiger partial charge is 0.354 e. The molecule has 0 aliphatic carbocycles. The number of anilines is 3. The summed E-state index contributed by atoms with van der Waals surface area (Å²) in [5.41, 5.74) is 0.523. The standard InChI is InChI=1S/C12H12BrClFN5/c1-2-5-16-11-18-10(14)19-12(20-11)17-7-3-4-8(13)9(15)6-7/h3-4,6H,2,5H2,1H3,(H2,16,17,18,19,20). The van der Waals surface area contributed by atoms with E-state index in [4.69, 9.17) is 11.6 Å². The highest BCUT2D eigenvalue weighted by Crippen LogP contribution is 2.21. The van der Waals surface area contributed by atoms with E-state index >= 15 is 0 Å². The van der Waals surface area contributed by atoms with Crippen molar-refractivity contribution in [1.82, 2.24) is 15.0 Å². The maximum atomic E-state index is 13.4. The molecule has 0 aliphatic rings. The van der Waals surface area contributed by atoms with Crippen molar-refractivity contribution in [2.75, 3.05) is 17.2 Å². The van der Waals surface area contributed by atoms with Crippen LogP contribution in [0.1, 0.15) is 13.3 Å². The van der Waals surface area contributed by atoms with Crippen LogP contribution >= 0.6 is 27.5 Å². The van der Waals surface area contributed by atoms with Crippen molar-refractivity contribution in [3.05, 3.63) is 33.8 Å². The lowest BCUT2D eigenvalue weighted by atomic mass is 10.3. The Morgan fingerprint density at radius 3 is 2.70 bits per heavy atom. The van der Waals surface area contributed by atoms with Gasteiger partial charge in [0.25, 0.3) is 0 Å². The van der Waals surface area contributed by atoms with Crippen LogP contribution < -0.4 is 10.6 Å². The molecule has 0 radical (unpaired) electrons. The van der Waals surface area contributed by atoms with Gasteiger partial charge in [-0.15, -0.1) is 0 Å². The van der Waals surface area contributed by atoms with Crippen molar-refractivity contribution in [3.8, 4) is 0 Å². The summed E-state index contributed by atoms with van der Waals surface area (Å²) in [7, 11) is 0. The average Bonchev–Trinajstić information content (AvgIpc) is 2.40. The molecule has 0 atom stereocenters. The average molecular weight is 361 g/mol. The predicted molar refractivity (Wildman–Crippen MR) is 81.0 cm³/mol. The predicted octanol–water partition coefficient (Wildman–Crippen LogP) is 3.99. The van der Waals surface area contributed by atoms with Crippen LogP contribution in [0.3, 0.4) is 0 Å². The lowest BCUT2D eigenvalue weighted by Crippen LogP contribution is -2.07. The van der Waals surface area contributed by atoms with E-state index in [2.05, 4.69) is 41.5 Å². The summed E-state index contributed by atoms with van der Waals surface area (Å²) in [6.45, 7) is 2.76. The molecule has 2 aromatic rings. The van der Waals surface area contributed by atoms with E-state index < -0.39 is 0 Å². The molecular formula is C12H12BrClFN5. The molecule has 0 spiro atoms. The number of hydrogen-bond donors (Lipinski definition) is 2. The van der Waals surface area contributed by atoms with Crippen molar-refractivity contribution in [3.63, 3.8) is 0 Å². The van der Waals surface area contributed by atoms with Gasteiger partial charge in [-0.2, -0.15) is 15.0 Å². The second-order valence-electron chi connectivity index (χ2n) is 3.93. The smallest absolute Gasteiger partial charge is 0.233 e. The Bertz CT molecular complexity index is 610. The van der Waals surface area contributed by atoms with Crippen LogP contribution in [0.4, 0.5) is 22.0 Å². The van der Waals surface area contributed by atoms with E-state index in [1.165, 1.54) is 6.07 Å². The molecule has 5 nitrogen and oxygen atoms in total. The van der Waals surface area contributed by atoms with Gasteiger partial charge in [0.15, 0.2) is 0 Å². The molecule has 0 amide bonds. The third-order valence-corrected chi connectivity index (χ3v) is 3.13. The van der Waals surface area contributed by atoms with Crippen molar-refractivity contribution < 1.29 is 4.39 Å². The zero-order valence-corrected chi connectivity index (χ0v) is 13.0. The van der Waals surface area contributed by atoms with Crippen molar-refractivity contribution in [2.45, 2.75) is 13.3 Å². The fourth-order valence-corrected chi connectivity index (χ4v) is 1.83. The molecule has 1 heterocycles. The first kappa shape index (κ1) is 14.9. The Morgan fingerprint density at radius 1 is 1.25 bits per heavy atom. The lowest BCUT2D eigenvalue weighted by molar-refractivity contribution is 0.622. The Labute approximate surface area is 129 Å². The van der Waals surface area contributed by atoms with Crippen LogP contribution in [0.5, 0.6) is 0 Å². The van der Waals surface area contributed by atoms with Gasteiger partial charge in [-0.1, -0.05) is 6.92 Å². The zero-order chi connectivity index (χ0) is 14.5. The number of benzene rings is 1. The highest BCUT2D eigenvalue weighted by Gasteiger charge is 2.06. The van der Waals surface area contributed by atoms with Crippen molar-refractivity contribution in [2.24, 2.45) is 0 Å². The Hall–Kier alpha value is -1.47. The van der Waals surface area contributed by atoms with E-state index in [0.29, 0.717) is 16.1 Å². The summed E-state index contributed by atoms with van der Waals surface area (Å²) < 4.78 is 13.8. The molecule has 0 fully saturated rings. The SMILES string of the molecule is CCCNc1nc(Cl)nc(Nc2ccc(Br)c(F)c2)n1. The zero-order valence-electron chi connectivity index (χ0n) is 10.6. The fraction of sp³-hybridized carbons (Fsp3) is 0.250. The quantitative estimate of drug-likeness (QED) is 0.844. The molecule has 0 saturated heterocycles. The van der Waals surface area contributed by atoms with Crippen LogP contribution in [-0.4, -0.2) is 21.5 Å². The number of aromatic nitrogens is 3. The lowest BCUT2D eigenvalue weighted by Gasteiger charge is -2.08. The maximum absolute atomic E-state index is 13.4. The molecule has 20 heavy (non-hydrogen) atoms. The minimum Gasteiger partial charge on any atom is -0.354 e. The van der Waals surface area contributed by atoms with E-state index in [9.17, 15) is 4.39 Å². The molecular weight excluding hydrogens is 349 g/mol. The van der Waals surface area contributed by atoms with Gasteiger partial charge in [-0.25, -0.2) is 4.39 Å². The molecule has 8 heteroatoms. The van der Waals surface area contributed by atoms with Crippen molar-refractivity contribution in [1.29, 1.82) is 0 Å². The summed E-state index contributed by atoms with van der Waals surface area (Å²) in [4.78, 5) is 12.1. The van der Waals surface area contributed by atoms with Crippen LogP contribution in [0.2, 0.25) is 5.28 Å². The van der Waals surface area contributed by atoms with Crippen LogP contribution in [0.25, 0.3) is 0 Å². The van der Waals surface area contributed by atoms with Gasteiger partial charge in [-0.3, -0.25) is 0 Å². The molecule has 106 valence electrons. The Balaban J connectivity index is 2.19. The minimum atomic E-state index is -0.375. The second-order valence-corrected chi connectivity index (χ2v) is 5.12. The minimum absolute atomic E-state index is 0.0682. The number of halogens is 3. The van der Waals surface area contributed by atoms with Crippen LogP contribution in [0, 0.1) is 5.82 Å². The first-order valence-corrected chi connectivity index (χ1v) is 7.13. The monoisotopic (exact) mass is 359 g/mol. The second kappa shape index (κ2) is 6.81. The molecule has 1 aromatic heterocycles. The highest BCUT2D eigenvalue weighted by molar-refractivity contribution is 9.10. The number of nitrogens with one attached hydrogen (secondary N) is 2. The van der Waals surface area contributed by atoms with Crippen LogP contribution in [0.15, 0.2) is 22.7 Å². The van der Waals surface area contributed by atoms with Crippen LogP contribution in [-0.2, 0) is 0 Å². The van der Waals surface area contributed by atoms with E-state index in [1.54, 1.807) is 12.1 Å². The summed E-state index contributed by atoms with van der Waals surface area (Å²) in [6, 6.07) is 4.63. The number of nitrogens with zero attached hydrogens (tertiary/aromatic N) is 3. The summed E-state index contributed by atoms with van der Waals surface area (Å²) >= 11 is 8.92. The Morgan fingerprint density at radius 2 is 2.00 bits per heavy atom. The van der Waals surface area contributed by atoms with Gasteiger partial charge in [0.1, 0.15) is 5.82 Å².